The third kappa shape index (κ3) is 3.18. The van der Waals surface area contributed by atoms with Gasteiger partial charge in [0.2, 0.25) is 0 Å². The van der Waals surface area contributed by atoms with E-state index in [1.165, 1.54) is 0 Å². The van der Waals surface area contributed by atoms with Crippen LogP contribution in [-0.2, 0) is 0 Å². The fourth-order valence-electron chi connectivity index (χ4n) is 1.58. The highest BCUT2D eigenvalue weighted by atomic mass is 16.3. The van der Waals surface area contributed by atoms with Crippen LogP contribution in [0.25, 0.3) is 0 Å². The summed E-state index contributed by atoms with van der Waals surface area (Å²) in [7, 11) is 0. The predicted octanol–water partition coefficient (Wildman–Crippen LogP) is 0.218. The van der Waals surface area contributed by atoms with Crippen LogP contribution in [0.15, 0.2) is 0 Å². The van der Waals surface area contributed by atoms with E-state index in [4.69, 9.17) is 5.11 Å². The van der Waals surface area contributed by atoms with Gasteiger partial charge in [-0.15, -0.1) is 0 Å². The van der Waals surface area contributed by atoms with Crippen LogP contribution >= 0.6 is 0 Å². The Labute approximate surface area is 67.4 Å². The first-order valence-corrected chi connectivity index (χ1v) is 4.30. The predicted molar refractivity (Wildman–Crippen MR) is 43.1 cm³/mol. The molecule has 3 N–H and O–H groups in total. The molecular formula is C8H17NO2. The van der Waals surface area contributed by atoms with Crippen molar-refractivity contribution in [3.63, 3.8) is 0 Å². The Hall–Kier alpha value is -0.120. The van der Waals surface area contributed by atoms with E-state index in [1.54, 1.807) is 6.92 Å². The summed E-state index contributed by atoms with van der Waals surface area (Å²) in [5.41, 5.74) is 0. The zero-order chi connectivity index (χ0) is 8.27. The number of aliphatic hydroxyl groups excluding tert-OH is 2. The number of rotatable bonds is 2. The van der Waals surface area contributed by atoms with Crippen molar-refractivity contribution in [2.24, 2.45) is 0 Å². The summed E-state index contributed by atoms with van der Waals surface area (Å²) >= 11 is 0. The van der Waals surface area contributed by atoms with Gasteiger partial charge in [-0.2, -0.15) is 0 Å². The van der Waals surface area contributed by atoms with Gasteiger partial charge in [0.05, 0.1) is 6.10 Å². The molecule has 0 aromatic carbocycles. The minimum absolute atomic E-state index is 0.109. The van der Waals surface area contributed by atoms with Gasteiger partial charge in [-0.1, -0.05) is 0 Å². The maximum Gasteiger partial charge on any atom is 0.102 e. The minimum Gasteiger partial charge on any atom is -0.393 e. The fraction of sp³-hybridized carbons (Fsp3) is 1.00. The van der Waals surface area contributed by atoms with Crippen LogP contribution in [0.5, 0.6) is 0 Å². The van der Waals surface area contributed by atoms with E-state index in [2.05, 4.69) is 5.32 Å². The topological polar surface area (TPSA) is 52.5 Å². The van der Waals surface area contributed by atoms with E-state index in [-0.39, 0.29) is 6.10 Å². The van der Waals surface area contributed by atoms with Crippen LogP contribution in [0, 0.1) is 0 Å². The first-order chi connectivity index (χ1) is 5.18. The molecule has 0 amide bonds. The maximum atomic E-state index is 9.17. The molecule has 0 aromatic heterocycles. The normalized spacial score (nSPS) is 35.2. The van der Waals surface area contributed by atoms with Crippen LogP contribution < -0.4 is 5.32 Å². The van der Waals surface area contributed by atoms with Crippen molar-refractivity contribution < 1.29 is 10.2 Å². The molecule has 66 valence electrons. The Morgan fingerprint density at radius 3 is 2.27 bits per heavy atom. The molecule has 0 aliphatic heterocycles. The molecule has 11 heavy (non-hydrogen) atoms. The van der Waals surface area contributed by atoms with E-state index < -0.39 is 6.23 Å². The van der Waals surface area contributed by atoms with Gasteiger partial charge in [0, 0.05) is 6.04 Å². The molecule has 1 atom stereocenters. The summed E-state index contributed by atoms with van der Waals surface area (Å²) < 4.78 is 0. The smallest absolute Gasteiger partial charge is 0.102 e. The lowest BCUT2D eigenvalue weighted by atomic mass is 9.93. The molecule has 3 heteroatoms. The number of hydrogen-bond donors (Lipinski definition) is 3. The average molecular weight is 159 g/mol. The number of nitrogens with one attached hydrogen (secondary N) is 1. The molecule has 0 aromatic rings. The standard InChI is InChI=1S/C8H17NO2/c1-6(10)9-7-2-4-8(11)5-3-7/h6-11H,2-5H2,1H3. The van der Waals surface area contributed by atoms with E-state index >= 15 is 0 Å². The SMILES string of the molecule is CC(O)NC1CCC(O)CC1. The van der Waals surface area contributed by atoms with Crippen molar-refractivity contribution in [2.75, 3.05) is 0 Å². The van der Waals surface area contributed by atoms with Gasteiger partial charge >= 0.3 is 0 Å². The lowest BCUT2D eigenvalue weighted by molar-refractivity contribution is 0.0869. The summed E-state index contributed by atoms with van der Waals surface area (Å²) in [6.07, 6.45) is 3.16. The lowest BCUT2D eigenvalue weighted by Gasteiger charge is -2.27. The van der Waals surface area contributed by atoms with Crippen molar-refractivity contribution in [2.45, 2.75) is 51.0 Å². The monoisotopic (exact) mass is 159 g/mol. The van der Waals surface area contributed by atoms with Gasteiger partial charge in [-0.25, -0.2) is 0 Å². The molecule has 1 unspecified atom stereocenters. The quantitative estimate of drug-likeness (QED) is 0.505. The largest absolute Gasteiger partial charge is 0.393 e. The fourth-order valence-corrected chi connectivity index (χ4v) is 1.58. The second kappa shape index (κ2) is 4.04. The zero-order valence-electron chi connectivity index (χ0n) is 6.95. The Morgan fingerprint density at radius 1 is 1.27 bits per heavy atom. The second-order valence-electron chi connectivity index (χ2n) is 3.35. The summed E-state index contributed by atoms with van der Waals surface area (Å²) in [6, 6.07) is 0.401. The van der Waals surface area contributed by atoms with Gasteiger partial charge in [-0.05, 0) is 32.6 Å². The summed E-state index contributed by atoms with van der Waals surface area (Å²) in [4.78, 5) is 0. The Bertz CT molecular complexity index is 109. The average Bonchev–Trinajstić information content (AvgIpc) is 1.93. The Balaban J connectivity index is 2.17. The van der Waals surface area contributed by atoms with Crippen LogP contribution in [-0.4, -0.2) is 28.6 Å². The molecule has 0 spiro atoms. The lowest BCUT2D eigenvalue weighted by Crippen LogP contribution is -2.39. The highest BCUT2D eigenvalue weighted by Crippen LogP contribution is 2.18. The van der Waals surface area contributed by atoms with Gasteiger partial charge in [0.25, 0.3) is 0 Å². The second-order valence-corrected chi connectivity index (χ2v) is 3.35. The van der Waals surface area contributed by atoms with Crippen LogP contribution in [0.1, 0.15) is 32.6 Å². The minimum atomic E-state index is -0.421. The van der Waals surface area contributed by atoms with E-state index in [0.29, 0.717) is 6.04 Å². The van der Waals surface area contributed by atoms with Crippen LogP contribution in [0.2, 0.25) is 0 Å². The first-order valence-electron chi connectivity index (χ1n) is 4.30. The van der Waals surface area contributed by atoms with Crippen molar-refractivity contribution in [1.29, 1.82) is 0 Å². The van der Waals surface area contributed by atoms with E-state index in [0.717, 1.165) is 25.7 Å². The first kappa shape index (κ1) is 8.97. The highest BCUT2D eigenvalue weighted by molar-refractivity contribution is 4.76. The molecule has 1 rings (SSSR count). The third-order valence-electron chi connectivity index (χ3n) is 2.17. The van der Waals surface area contributed by atoms with E-state index in [1.807, 2.05) is 0 Å². The van der Waals surface area contributed by atoms with Crippen LogP contribution in [0.4, 0.5) is 0 Å². The number of aliphatic hydroxyl groups is 2. The molecule has 0 radical (unpaired) electrons. The van der Waals surface area contributed by atoms with Gasteiger partial charge in [0.1, 0.15) is 6.23 Å². The zero-order valence-corrected chi connectivity index (χ0v) is 6.95. The van der Waals surface area contributed by atoms with Gasteiger partial charge in [0.15, 0.2) is 0 Å². The van der Waals surface area contributed by atoms with Crippen molar-refractivity contribution >= 4 is 0 Å². The van der Waals surface area contributed by atoms with Gasteiger partial charge < -0.3 is 10.2 Å². The van der Waals surface area contributed by atoms with Gasteiger partial charge in [-0.3, -0.25) is 5.32 Å². The molecule has 1 fully saturated rings. The number of hydrogen-bond acceptors (Lipinski definition) is 3. The Kier molecular flexibility index (Phi) is 3.30. The third-order valence-corrected chi connectivity index (χ3v) is 2.17. The highest BCUT2D eigenvalue weighted by Gasteiger charge is 2.19. The molecule has 1 saturated carbocycles. The van der Waals surface area contributed by atoms with Crippen molar-refractivity contribution in [3.8, 4) is 0 Å². The molecule has 0 saturated heterocycles. The summed E-state index contributed by atoms with van der Waals surface area (Å²) in [6.45, 7) is 1.73. The molecule has 3 nitrogen and oxygen atoms in total. The Morgan fingerprint density at radius 2 is 1.82 bits per heavy atom. The molecule has 1 aliphatic rings. The van der Waals surface area contributed by atoms with Crippen molar-refractivity contribution in [3.05, 3.63) is 0 Å². The summed E-state index contributed by atoms with van der Waals surface area (Å²) in [5.74, 6) is 0. The van der Waals surface area contributed by atoms with Crippen molar-refractivity contribution in [1.82, 2.24) is 5.32 Å². The molecule has 0 bridgehead atoms. The maximum absolute atomic E-state index is 9.17. The molecule has 1 aliphatic carbocycles. The molecular weight excluding hydrogens is 142 g/mol. The molecule has 0 heterocycles. The van der Waals surface area contributed by atoms with Crippen LogP contribution in [0.3, 0.4) is 0 Å². The summed E-state index contributed by atoms with van der Waals surface area (Å²) in [5, 5.41) is 21.2. The van der Waals surface area contributed by atoms with E-state index in [9.17, 15) is 5.11 Å².